The molecule has 0 spiro atoms. The molecule has 0 aromatic heterocycles. The van der Waals surface area contributed by atoms with Gasteiger partial charge in [0.2, 0.25) is 0 Å². The molecular formula is C15H21NO2. The van der Waals surface area contributed by atoms with E-state index < -0.39 is 12.0 Å². The number of hydrogen-bond donors (Lipinski definition) is 1. The topological polar surface area (TPSA) is 40.5 Å². The molecule has 0 unspecified atom stereocenters. The van der Waals surface area contributed by atoms with E-state index >= 15 is 0 Å². The Kier molecular flexibility index (Phi) is 4.54. The average molecular weight is 247 g/mol. The van der Waals surface area contributed by atoms with Crippen LogP contribution in [0.2, 0.25) is 0 Å². The van der Waals surface area contributed by atoms with E-state index in [9.17, 15) is 9.90 Å². The molecule has 3 heteroatoms. The minimum atomic E-state index is -0.823. The molecule has 0 radical (unpaired) electrons. The summed E-state index contributed by atoms with van der Waals surface area (Å²) in [5.74, 6) is -0.823. The first-order chi connectivity index (χ1) is 8.38. The molecule has 0 bridgehead atoms. The molecule has 0 saturated carbocycles. The molecule has 0 amide bonds. The zero-order chi connectivity index (χ0) is 13.9. The van der Waals surface area contributed by atoms with Gasteiger partial charge in [0.1, 0.15) is 6.04 Å². The summed E-state index contributed by atoms with van der Waals surface area (Å²) in [6.45, 7) is 12.0. The maximum absolute atomic E-state index is 11.2. The number of carboxylic acids is 1. The number of hydrogen-bond acceptors (Lipinski definition) is 2. The molecule has 0 saturated heterocycles. The molecule has 0 fully saturated rings. The molecule has 1 N–H and O–H groups in total. The molecule has 0 aliphatic carbocycles. The zero-order valence-corrected chi connectivity index (χ0v) is 11.5. The maximum Gasteiger partial charge on any atom is 0.326 e. The monoisotopic (exact) mass is 247 g/mol. The summed E-state index contributed by atoms with van der Waals surface area (Å²) >= 11 is 0. The number of rotatable bonds is 5. The molecular weight excluding hydrogens is 226 g/mol. The predicted octanol–water partition coefficient (Wildman–Crippen LogP) is 3.08. The van der Waals surface area contributed by atoms with Gasteiger partial charge in [-0.25, -0.2) is 4.79 Å². The van der Waals surface area contributed by atoms with Crippen LogP contribution < -0.4 is 4.90 Å². The minimum absolute atomic E-state index is 0.526. The highest BCUT2D eigenvalue weighted by atomic mass is 16.4. The van der Waals surface area contributed by atoms with Crippen LogP contribution in [0.4, 0.5) is 5.69 Å². The van der Waals surface area contributed by atoms with Crippen molar-refractivity contribution >= 4 is 11.7 Å². The fraction of sp³-hybridized carbons (Fsp3) is 0.400. The lowest BCUT2D eigenvalue weighted by atomic mass is 10.0. The summed E-state index contributed by atoms with van der Waals surface area (Å²) < 4.78 is 0. The first-order valence-electron chi connectivity index (χ1n) is 6.06. The molecule has 98 valence electrons. The Morgan fingerprint density at radius 1 is 1.39 bits per heavy atom. The van der Waals surface area contributed by atoms with Crippen LogP contribution in [0, 0.1) is 20.8 Å². The van der Waals surface area contributed by atoms with Gasteiger partial charge < -0.3 is 10.0 Å². The van der Waals surface area contributed by atoms with E-state index in [-0.39, 0.29) is 0 Å². The first-order valence-corrected chi connectivity index (χ1v) is 6.06. The van der Waals surface area contributed by atoms with Gasteiger partial charge in [-0.3, -0.25) is 0 Å². The Bertz CT molecular complexity index is 443. The molecule has 0 aliphatic rings. The number of aryl methyl sites for hydroxylation is 3. The van der Waals surface area contributed by atoms with Gasteiger partial charge in [0.05, 0.1) is 0 Å². The summed E-state index contributed by atoms with van der Waals surface area (Å²) in [5.41, 5.74) is 4.38. The molecule has 18 heavy (non-hydrogen) atoms. The normalized spacial score (nSPS) is 12.0. The Morgan fingerprint density at radius 3 is 2.28 bits per heavy atom. The second-order valence-electron chi connectivity index (χ2n) is 4.70. The van der Waals surface area contributed by atoms with E-state index in [4.69, 9.17) is 0 Å². The van der Waals surface area contributed by atoms with Crippen molar-refractivity contribution in [3.63, 3.8) is 0 Å². The van der Waals surface area contributed by atoms with Gasteiger partial charge in [-0.05, 0) is 38.8 Å². The number of anilines is 1. The van der Waals surface area contributed by atoms with E-state index in [1.807, 2.05) is 25.7 Å². The highest BCUT2D eigenvalue weighted by Gasteiger charge is 2.22. The van der Waals surface area contributed by atoms with E-state index in [2.05, 4.69) is 18.7 Å². The third kappa shape index (κ3) is 2.92. The third-order valence-electron chi connectivity index (χ3n) is 3.07. The summed E-state index contributed by atoms with van der Waals surface area (Å²) in [5, 5.41) is 9.20. The molecule has 1 rings (SSSR count). The maximum atomic E-state index is 11.2. The largest absolute Gasteiger partial charge is 0.480 e. The van der Waals surface area contributed by atoms with Gasteiger partial charge in [0, 0.05) is 12.2 Å². The summed E-state index contributed by atoms with van der Waals surface area (Å²) in [4.78, 5) is 13.1. The van der Waals surface area contributed by atoms with E-state index in [0.29, 0.717) is 6.54 Å². The van der Waals surface area contributed by atoms with Crippen molar-refractivity contribution in [3.8, 4) is 0 Å². The van der Waals surface area contributed by atoms with Crippen molar-refractivity contribution in [2.24, 2.45) is 0 Å². The first kappa shape index (κ1) is 14.3. The summed E-state index contributed by atoms with van der Waals surface area (Å²) in [6, 6.07) is 3.59. The zero-order valence-electron chi connectivity index (χ0n) is 11.5. The predicted molar refractivity (Wildman–Crippen MR) is 75.3 cm³/mol. The second kappa shape index (κ2) is 5.71. The van der Waals surface area contributed by atoms with E-state index in [1.165, 1.54) is 5.56 Å². The quantitative estimate of drug-likeness (QED) is 0.813. The Labute approximate surface area is 109 Å². The molecule has 3 nitrogen and oxygen atoms in total. The van der Waals surface area contributed by atoms with Gasteiger partial charge in [0.15, 0.2) is 0 Å². The van der Waals surface area contributed by atoms with Crippen molar-refractivity contribution in [2.45, 2.75) is 33.7 Å². The van der Waals surface area contributed by atoms with Crippen LogP contribution in [0.3, 0.4) is 0 Å². The number of carbonyl (C=O) groups is 1. The smallest absolute Gasteiger partial charge is 0.326 e. The molecule has 1 aromatic carbocycles. The van der Waals surface area contributed by atoms with Gasteiger partial charge in [-0.15, -0.1) is 6.58 Å². The number of aliphatic carboxylic acids is 1. The van der Waals surface area contributed by atoms with Crippen LogP contribution >= 0.6 is 0 Å². The van der Waals surface area contributed by atoms with Gasteiger partial charge in [-0.2, -0.15) is 0 Å². The van der Waals surface area contributed by atoms with Crippen molar-refractivity contribution in [2.75, 3.05) is 11.4 Å². The molecule has 0 heterocycles. The highest BCUT2D eigenvalue weighted by Crippen LogP contribution is 2.28. The Balaban J connectivity index is 3.29. The fourth-order valence-electron chi connectivity index (χ4n) is 2.34. The Hall–Kier alpha value is -1.77. The molecule has 0 aliphatic heterocycles. The fourth-order valence-corrected chi connectivity index (χ4v) is 2.34. The third-order valence-corrected chi connectivity index (χ3v) is 3.07. The number of benzene rings is 1. The number of nitrogens with zero attached hydrogens (tertiary/aromatic N) is 1. The van der Waals surface area contributed by atoms with Crippen LogP contribution in [0.1, 0.15) is 23.6 Å². The SMILES string of the molecule is C=CCN(c1c(C)cc(C)cc1C)[C@@H](C)C(=O)O. The van der Waals surface area contributed by atoms with Crippen LogP contribution in [0.25, 0.3) is 0 Å². The lowest BCUT2D eigenvalue weighted by molar-refractivity contribution is -0.138. The molecule has 1 aromatic rings. The van der Waals surface area contributed by atoms with Gasteiger partial charge >= 0.3 is 5.97 Å². The van der Waals surface area contributed by atoms with E-state index in [1.54, 1.807) is 13.0 Å². The van der Waals surface area contributed by atoms with Gasteiger partial charge in [0.25, 0.3) is 0 Å². The van der Waals surface area contributed by atoms with Crippen LogP contribution in [-0.2, 0) is 4.79 Å². The van der Waals surface area contributed by atoms with Crippen LogP contribution in [0.5, 0.6) is 0 Å². The standard InChI is InChI=1S/C15H21NO2/c1-6-7-16(13(5)15(17)18)14-11(3)8-10(2)9-12(14)4/h6,8-9,13H,1,7H2,2-5H3,(H,17,18)/t13-/m0/s1. The molecule has 1 atom stereocenters. The summed E-state index contributed by atoms with van der Waals surface area (Å²) in [6.07, 6.45) is 1.73. The second-order valence-corrected chi connectivity index (χ2v) is 4.70. The summed E-state index contributed by atoms with van der Waals surface area (Å²) in [7, 11) is 0. The lowest BCUT2D eigenvalue weighted by Gasteiger charge is -2.30. The van der Waals surface area contributed by atoms with Crippen LogP contribution in [0.15, 0.2) is 24.8 Å². The van der Waals surface area contributed by atoms with Crippen molar-refractivity contribution in [1.82, 2.24) is 0 Å². The number of carboxylic acid groups (broad SMARTS) is 1. The van der Waals surface area contributed by atoms with Crippen LogP contribution in [-0.4, -0.2) is 23.7 Å². The lowest BCUT2D eigenvalue weighted by Crippen LogP contribution is -2.40. The van der Waals surface area contributed by atoms with Gasteiger partial charge in [-0.1, -0.05) is 23.8 Å². The van der Waals surface area contributed by atoms with E-state index in [0.717, 1.165) is 16.8 Å². The van der Waals surface area contributed by atoms with Crippen molar-refractivity contribution < 1.29 is 9.90 Å². The highest BCUT2D eigenvalue weighted by molar-refractivity contribution is 5.79. The Morgan fingerprint density at radius 2 is 1.89 bits per heavy atom. The van der Waals surface area contributed by atoms with Crippen molar-refractivity contribution in [1.29, 1.82) is 0 Å². The minimum Gasteiger partial charge on any atom is -0.480 e. The average Bonchev–Trinajstić information content (AvgIpc) is 2.25. The van der Waals surface area contributed by atoms with Crippen molar-refractivity contribution in [3.05, 3.63) is 41.5 Å².